The molecule has 1 saturated heterocycles. The molecule has 0 saturated carbocycles. The fourth-order valence-electron chi connectivity index (χ4n) is 2.19. The summed E-state index contributed by atoms with van der Waals surface area (Å²) in [5.74, 6) is 0.811. The van der Waals surface area contributed by atoms with E-state index in [0.29, 0.717) is 0 Å². The molecule has 92 valence electrons. The van der Waals surface area contributed by atoms with Crippen molar-refractivity contribution < 1.29 is 4.92 Å². The number of aromatic nitrogens is 1. The third kappa shape index (κ3) is 2.52. The Bertz CT molecular complexity index is 435. The molecule has 6 heteroatoms. The summed E-state index contributed by atoms with van der Waals surface area (Å²) >= 11 is 0. The second-order valence-corrected chi connectivity index (χ2v) is 4.44. The summed E-state index contributed by atoms with van der Waals surface area (Å²) in [4.78, 5) is 16.5. The predicted molar refractivity (Wildman–Crippen MR) is 65.1 cm³/mol. The SMILES string of the molecule is Cc1cc([N+](=O)[O-])cnc1N1CCCC(N)C1. The number of anilines is 1. The van der Waals surface area contributed by atoms with E-state index in [1.165, 1.54) is 6.20 Å². The molecule has 1 aliphatic rings. The van der Waals surface area contributed by atoms with Crippen molar-refractivity contribution in [2.75, 3.05) is 18.0 Å². The third-order valence-corrected chi connectivity index (χ3v) is 3.00. The van der Waals surface area contributed by atoms with E-state index in [-0.39, 0.29) is 11.7 Å². The number of piperidine rings is 1. The molecule has 2 N–H and O–H groups in total. The van der Waals surface area contributed by atoms with E-state index in [2.05, 4.69) is 9.88 Å². The van der Waals surface area contributed by atoms with Gasteiger partial charge in [-0.15, -0.1) is 0 Å². The van der Waals surface area contributed by atoms with Gasteiger partial charge in [-0.2, -0.15) is 0 Å². The topological polar surface area (TPSA) is 85.3 Å². The summed E-state index contributed by atoms with van der Waals surface area (Å²) in [6.45, 7) is 3.53. The van der Waals surface area contributed by atoms with Crippen LogP contribution in [0.4, 0.5) is 11.5 Å². The molecule has 1 aromatic rings. The molecular formula is C11H16N4O2. The highest BCUT2D eigenvalue weighted by molar-refractivity contribution is 5.50. The molecule has 1 atom stereocenters. The van der Waals surface area contributed by atoms with Gasteiger partial charge < -0.3 is 10.6 Å². The van der Waals surface area contributed by atoms with Gasteiger partial charge in [-0.1, -0.05) is 0 Å². The molecule has 2 heterocycles. The van der Waals surface area contributed by atoms with Crippen LogP contribution in [0.15, 0.2) is 12.3 Å². The molecular weight excluding hydrogens is 220 g/mol. The number of nitro groups is 1. The Morgan fingerprint density at radius 2 is 2.41 bits per heavy atom. The van der Waals surface area contributed by atoms with Crippen LogP contribution in [0.5, 0.6) is 0 Å². The fourth-order valence-corrected chi connectivity index (χ4v) is 2.19. The highest BCUT2D eigenvalue weighted by Crippen LogP contribution is 2.23. The first-order valence-electron chi connectivity index (χ1n) is 5.69. The van der Waals surface area contributed by atoms with Gasteiger partial charge in [0.15, 0.2) is 0 Å². The van der Waals surface area contributed by atoms with Crippen LogP contribution in [0.25, 0.3) is 0 Å². The van der Waals surface area contributed by atoms with Crippen LogP contribution in [0.1, 0.15) is 18.4 Å². The van der Waals surface area contributed by atoms with Crippen molar-refractivity contribution in [2.45, 2.75) is 25.8 Å². The lowest BCUT2D eigenvalue weighted by atomic mass is 10.1. The molecule has 6 nitrogen and oxygen atoms in total. The van der Waals surface area contributed by atoms with Gasteiger partial charge in [0.2, 0.25) is 0 Å². The summed E-state index contributed by atoms with van der Waals surface area (Å²) in [6, 6.07) is 1.72. The van der Waals surface area contributed by atoms with Gasteiger partial charge >= 0.3 is 0 Å². The largest absolute Gasteiger partial charge is 0.355 e. The van der Waals surface area contributed by atoms with Crippen molar-refractivity contribution in [1.82, 2.24) is 4.98 Å². The Hall–Kier alpha value is -1.69. The van der Waals surface area contributed by atoms with E-state index >= 15 is 0 Å². The number of nitrogens with two attached hydrogens (primary N) is 1. The van der Waals surface area contributed by atoms with Gasteiger partial charge in [0.25, 0.3) is 5.69 Å². The lowest BCUT2D eigenvalue weighted by molar-refractivity contribution is -0.385. The highest BCUT2D eigenvalue weighted by Gasteiger charge is 2.20. The van der Waals surface area contributed by atoms with Crippen LogP contribution in [-0.2, 0) is 0 Å². The minimum absolute atomic E-state index is 0.0348. The zero-order valence-corrected chi connectivity index (χ0v) is 9.80. The number of nitrogens with zero attached hydrogens (tertiary/aromatic N) is 3. The first kappa shape index (κ1) is 11.8. The number of aryl methyl sites for hydroxylation is 1. The molecule has 0 aromatic carbocycles. The Kier molecular flexibility index (Phi) is 3.23. The lowest BCUT2D eigenvalue weighted by Gasteiger charge is -2.32. The van der Waals surface area contributed by atoms with E-state index in [1.807, 2.05) is 6.92 Å². The second-order valence-electron chi connectivity index (χ2n) is 4.44. The van der Waals surface area contributed by atoms with Gasteiger partial charge in [-0.3, -0.25) is 10.1 Å². The first-order valence-corrected chi connectivity index (χ1v) is 5.69. The van der Waals surface area contributed by atoms with Gasteiger partial charge in [0.05, 0.1) is 4.92 Å². The Balaban J connectivity index is 2.23. The molecule has 1 aliphatic heterocycles. The number of hydrogen-bond acceptors (Lipinski definition) is 5. The maximum Gasteiger partial charge on any atom is 0.287 e. The smallest absolute Gasteiger partial charge is 0.287 e. The maximum atomic E-state index is 10.6. The second kappa shape index (κ2) is 4.67. The minimum Gasteiger partial charge on any atom is -0.355 e. The summed E-state index contributed by atoms with van der Waals surface area (Å²) in [7, 11) is 0. The van der Waals surface area contributed by atoms with Gasteiger partial charge in [-0.05, 0) is 25.3 Å². The first-order chi connectivity index (χ1) is 8.08. The van der Waals surface area contributed by atoms with E-state index in [4.69, 9.17) is 5.73 Å². The molecule has 0 aliphatic carbocycles. The average molecular weight is 236 g/mol. The Morgan fingerprint density at radius 3 is 3.00 bits per heavy atom. The van der Waals surface area contributed by atoms with Crippen LogP contribution >= 0.6 is 0 Å². The molecule has 0 amide bonds. The Labute approximate surface area is 99.6 Å². The number of hydrogen-bond donors (Lipinski definition) is 1. The van der Waals surface area contributed by atoms with Gasteiger partial charge in [0, 0.05) is 25.2 Å². The van der Waals surface area contributed by atoms with Crippen molar-refractivity contribution in [2.24, 2.45) is 5.73 Å². The van der Waals surface area contributed by atoms with Crippen molar-refractivity contribution in [3.8, 4) is 0 Å². The van der Waals surface area contributed by atoms with Crippen LogP contribution in [-0.4, -0.2) is 29.0 Å². The molecule has 1 unspecified atom stereocenters. The van der Waals surface area contributed by atoms with Crippen LogP contribution in [0, 0.1) is 17.0 Å². The zero-order chi connectivity index (χ0) is 12.4. The van der Waals surface area contributed by atoms with Gasteiger partial charge in [0.1, 0.15) is 12.0 Å². The van der Waals surface area contributed by atoms with Crippen molar-refractivity contribution in [3.63, 3.8) is 0 Å². The maximum absolute atomic E-state index is 10.6. The normalized spacial score (nSPS) is 20.4. The minimum atomic E-state index is -0.425. The van der Waals surface area contributed by atoms with E-state index in [1.54, 1.807) is 6.07 Å². The molecule has 1 aromatic heterocycles. The van der Waals surface area contributed by atoms with Crippen LogP contribution in [0.3, 0.4) is 0 Å². The van der Waals surface area contributed by atoms with Gasteiger partial charge in [-0.25, -0.2) is 4.98 Å². The molecule has 0 bridgehead atoms. The molecule has 17 heavy (non-hydrogen) atoms. The van der Waals surface area contributed by atoms with E-state index in [9.17, 15) is 10.1 Å². The number of rotatable bonds is 2. The van der Waals surface area contributed by atoms with Crippen molar-refractivity contribution in [3.05, 3.63) is 27.9 Å². The summed E-state index contributed by atoms with van der Waals surface area (Å²) in [5.41, 5.74) is 6.77. The number of pyridine rings is 1. The van der Waals surface area contributed by atoms with Crippen LogP contribution in [0.2, 0.25) is 0 Å². The summed E-state index contributed by atoms with van der Waals surface area (Å²) in [5, 5.41) is 10.6. The average Bonchev–Trinajstić information content (AvgIpc) is 2.28. The quantitative estimate of drug-likeness (QED) is 0.616. The Morgan fingerprint density at radius 1 is 1.65 bits per heavy atom. The summed E-state index contributed by atoms with van der Waals surface area (Å²) < 4.78 is 0. The highest BCUT2D eigenvalue weighted by atomic mass is 16.6. The predicted octanol–water partition coefficient (Wildman–Crippen LogP) is 1.23. The standard InChI is InChI=1S/C11H16N4O2/c1-8-5-10(15(16)17)6-13-11(8)14-4-2-3-9(12)7-14/h5-6,9H,2-4,7,12H2,1H3. The fraction of sp³-hybridized carbons (Fsp3) is 0.545. The van der Waals surface area contributed by atoms with Crippen LogP contribution < -0.4 is 10.6 Å². The lowest BCUT2D eigenvalue weighted by Crippen LogP contribution is -2.43. The van der Waals surface area contributed by atoms with E-state index < -0.39 is 4.92 Å². The monoisotopic (exact) mass is 236 g/mol. The molecule has 1 fully saturated rings. The van der Waals surface area contributed by atoms with Crippen molar-refractivity contribution in [1.29, 1.82) is 0 Å². The van der Waals surface area contributed by atoms with E-state index in [0.717, 1.165) is 37.3 Å². The molecule has 2 rings (SSSR count). The third-order valence-electron chi connectivity index (χ3n) is 3.00. The summed E-state index contributed by atoms with van der Waals surface area (Å²) in [6.07, 6.45) is 3.38. The zero-order valence-electron chi connectivity index (χ0n) is 9.80. The molecule has 0 spiro atoms. The van der Waals surface area contributed by atoms with Crippen molar-refractivity contribution >= 4 is 11.5 Å². The molecule has 0 radical (unpaired) electrons.